The van der Waals surface area contributed by atoms with E-state index < -0.39 is 31.7 Å². The molecule has 0 bridgehead atoms. The molecular weight excluding hydrogens is 201 g/mol. The van der Waals surface area contributed by atoms with E-state index in [2.05, 4.69) is 0 Å². The molecule has 0 saturated heterocycles. The van der Waals surface area contributed by atoms with Crippen LogP contribution >= 0.6 is 7.60 Å². The van der Waals surface area contributed by atoms with Crippen molar-refractivity contribution in [2.45, 2.75) is 6.04 Å². The quantitative estimate of drug-likeness (QED) is 0.317. The smallest absolute Gasteiger partial charge is 0.326 e. The van der Waals surface area contributed by atoms with Crippen molar-refractivity contribution in [2.24, 2.45) is 11.7 Å². The zero-order valence-corrected chi connectivity index (χ0v) is 7.42. The van der Waals surface area contributed by atoms with Gasteiger partial charge in [0.25, 0.3) is 0 Å². The Morgan fingerprint density at radius 1 is 1.54 bits per heavy atom. The lowest BCUT2D eigenvalue weighted by Gasteiger charge is -2.14. The molecule has 0 saturated carbocycles. The Bertz CT molecular complexity index is 247. The maximum Gasteiger partial charge on any atom is 0.326 e. The monoisotopic (exact) mass is 211 g/mol. The molecule has 0 radical (unpaired) electrons. The Kier molecular flexibility index (Phi) is 4.22. The van der Waals surface area contributed by atoms with Crippen molar-refractivity contribution in [3.05, 3.63) is 0 Å². The molecule has 0 aromatic heterocycles. The lowest BCUT2D eigenvalue weighted by Crippen LogP contribution is -2.40. The van der Waals surface area contributed by atoms with E-state index >= 15 is 0 Å². The Balaban J connectivity index is 4.44. The molecule has 0 aliphatic carbocycles. The Hall–Kier alpha value is -0.750. The van der Waals surface area contributed by atoms with Gasteiger partial charge in [0.2, 0.25) is 0 Å². The second kappa shape index (κ2) is 4.48. The molecule has 0 aliphatic rings. The highest BCUT2D eigenvalue weighted by Crippen LogP contribution is 2.36. The maximum atomic E-state index is 10.4. The van der Waals surface area contributed by atoms with Crippen LogP contribution in [0, 0.1) is 5.92 Å². The third-order valence-electron chi connectivity index (χ3n) is 1.37. The highest BCUT2D eigenvalue weighted by molar-refractivity contribution is 7.51. The molecule has 8 heteroatoms. The van der Waals surface area contributed by atoms with E-state index in [0.29, 0.717) is 0 Å². The van der Waals surface area contributed by atoms with Crippen molar-refractivity contribution in [1.82, 2.24) is 0 Å². The number of hydrogen-bond acceptors (Lipinski definition) is 4. The molecule has 0 amide bonds. The van der Waals surface area contributed by atoms with E-state index in [0.717, 1.165) is 0 Å². The van der Waals surface area contributed by atoms with Crippen molar-refractivity contribution in [3.8, 4) is 0 Å². The van der Waals surface area contributed by atoms with Crippen LogP contribution in [0.5, 0.6) is 0 Å². The third kappa shape index (κ3) is 4.74. The van der Waals surface area contributed by atoms with Crippen molar-refractivity contribution < 1.29 is 29.0 Å². The summed E-state index contributed by atoms with van der Waals surface area (Å²) in [5, 5.41) is 8.34. The first-order valence-corrected chi connectivity index (χ1v) is 5.06. The topological polar surface area (TPSA) is 138 Å². The summed E-state index contributed by atoms with van der Waals surface area (Å²) < 4.78 is 10.4. The number of hydrogen-bond donors (Lipinski definition) is 4. The van der Waals surface area contributed by atoms with Gasteiger partial charge in [-0.3, -0.25) is 9.36 Å². The highest BCUT2D eigenvalue weighted by atomic mass is 31.2. The molecule has 0 aliphatic heterocycles. The van der Waals surface area contributed by atoms with Gasteiger partial charge in [0, 0.05) is 0 Å². The van der Waals surface area contributed by atoms with Crippen molar-refractivity contribution in [1.29, 1.82) is 0 Å². The highest BCUT2D eigenvalue weighted by Gasteiger charge is 2.30. The summed E-state index contributed by atoms with van der Waals surface area (Å²) in [7, 11) is -4.41. The van der Waals surface area contributed by atoms with Crippen LogP contribution in [0.1, 0.15) is 0 Å². The van der Waals surface area contributed by atoms with Gasteiger partial charge in [-0.05, 0) is 0 Å². The minimum absolute atomic E-state index is 0.137. The van der Waals surface area contributed by atoms with Gasteiger partial charge in [-0.15, -0.1) is 0 Å². The molecule has 0 rings (SSSR count). The fourth-order valence-electron chi connectivity index (χ4n) is 0.699. The molecule has 7 nitrogen and oxygen atoms in total. The van der Waals surface area contributed by atoms with Crippen LogP contribution in [0.25, 0.3) is 0 Å². The van der Waals surface area contributed by atoms with E-state index in [9.17, 15) is 14.2 Å². The van der Waals surface area contributed by atoms with E-state index in [-0.39, 0.29) is 6.29 Å². The molecule has 0 fully saturated rings. The fourth-order valence-corrected chi connectivity index (χ4v) is 1.56. The first-order valence-electron chi connectivity index (χ1n) is 3.26. The zero-order chi connectivity index (χ0) is 10.6. The number of carboxylic acid groups (broad SMARTS) is 1. The Labute approximate surface area is 73.7 Å². The van der Waals surface area contributed by atoms with Crippen LogP contribution in [0.15, 0.2) is 0 Å². The molecule has 13 heavy (non-hydrogen) atoms. The second-order valence-corrected chi connectivity index (χ2v) is 4.21. The number of aldehydes is 1. The average molecular weight is 211 g/mol. The SMILES string of the molecule is N[C@H](C(=O)O)C(C=O)CP(=O)(O)O. The Morgan fingerprint density at radius 3 is 2.23 bits per heavy atom. The average Bonchev–Trinajstić information content (AvgIpc) is 1.97. The predicted octanol–water partition coefficient (Wildman–Crippen LogP) is -1.61. The van der Waals surface area contributed by atoms with Gasteiger partial charge in [0.15, 0.2) is 0 Å². The molecule has 1 unspecified atom stereocenters. The molecule has 2 atom stereocenters. The number of carbonyl (C=O) groups excluding carboxylic acids is 1. The molecule has 76 valence electrons. The maximum absolute atomic E-state index is 10.4. The number of aliphatic carboxylic acids is 1. The van der Waals surface area contributed by atoms with Gasteiger partial charge >= 0.3 is 13.6 Å². The molecule has 0 aromatic carbocycles. The normalized spacial score (nSPS) is 16.2. The standard InChI is InChI=1S/C5H10NO6P/c6-4(5(8)9)3(1-7)2-13(10,11)12/h1,3-4H,2,6H2,(H,8,9)(H2,10,11,12)/t3?,4-/m0/s1. The summed E-state index contributed by atoms with van der Waals surface area (Å²) in [6.07, 6.45) is -0.707. The van der Waals surface area contributed by atoms with E-state index in [1.807, 2.05) is 0 Å². The molecular formula is C5H10NO6P. The van der Waals surface area contributed by atoms with Crippen LogP contribution in [0.3, 0.4) is 0 Å². The van der Waals surface area contributed by atoms with Gasteiger partial charge in [-0.2, -0.15) is 0 Å². The Morgan fingerprint density at radius 2 is 2.00 bits per heavy atom. The van der Waals surface area contributed by atoms with Crippen molar-refractivity contribution in [2.75, 3.05) is 6.16 Å². The van der Waals surface area contributed by atoms with Crippen LogP contribution in [-0.4, -0.2) is 39.4 Å². The van der Waals surface area contributed by atoms with E-state index in [4.69, 9.17) is 20.6 Å². The van der Waals surface area contributed by atoms with Crippen LogP contribution in [0.4, 0.5) is 0 Å². The molecule has 0 heterocycles. The number of rotatable bonds is 5. The lowest BCUT2D eigenvalue weighted by molar-refractivity contribution is -0.140. The van der Waals surface area contributed by atoms with Gasteiger partial charge in [0.1, 0.15) is 12.3 Å². The second-order valence-electron chi connectivity index (χ2n) is 2.51. The first-order chi connectivity index (χ1) is 5.78. The number of carboxylic acids is 1. The zero-order valence-electron chi connectivity index (χ0n) is 6.53. The van der Waals surface area contributed by atoms with Crippen molar-refractivity contribution >= 4 is 19.9 Å². The summed E-state index contributed by atoms with van der Waals surface area (Å²) >= 11 is 0. The fraction of sp³-hybridized carbons (Fsp3) is 0.600. The summed E-state index contributed by atoms with van der Waals surface area (Å²) in [4.78, 5) is 37.4. The number of carbonyl (C=O) groups is 2. The molecule has 0 spiro atoms. The first kappa shape index (κ1) is 12.2. The minimum atomic E-state index is -4.41. The third-order valence-corrected chi connectivity index (χ3v) is 2.27. The summed E-state index contributed by atoms with van der Waals surface area (Å²) in [6, 6.07) is -1.58. The van der Waals surface area contributed by atoms with Crippen molar-refractivity contribution in [3.63, 3.8) is 0 Å². The summed E-state index contributed by atoms with van der Waals surface area (Å²) in [5.41, 5.74) is 5.00. The van der Waals surface area contributed by atoms with Gasteiger partial charge in [0.05, 0.1) is 12.1 Å². The van der Waals surface area contributed by atoms with Gasteiger partial charge < -0.3 is 25.4 Å². The van der Waals surface area contributed by atoms with Crippen LogP contribution < -0.4 is 5.73 Å². The summed E-state index contributed by atoms with van der Waals surface area (Å²) in [5.74, 6) is -2.83. The van der Waals surface area contributed by atoms with Crippen LogP contribution in [0.2, 0.25) is 0 Å². The lowest BCUT2D eigenvalue weighted by atomic mass is 10.1. The predicted molar refractivity (Wildman–Crippen MR) is 42.1 cm³/mol. The van der Waals surface area contributed by atoms with E-state index in [1.54, 1.807) is 0 Å². The minimum Gasteiger partial charge on any atom is -0.480 e. The van der Waals surface area contributed by atoms with Gasteiger partial charge in [-0.25, -0.2) is 0 Å². The molecule has 0 aromatic rings. The largest absolute Gasteiger partial charge is 0.480 e. The van der Waals surface area contributed by atoms with Crippen LogP contribution in [-0.2, 0) is 14.2 Å². The van der Waals surface area contributed by atoms with E-state index in [1.165, 1.54) is 0 Å². The van der Waals surface area contributed by atoms with Gasteiger partial charge in [-0.1, -0.05) is 0 Å². The molecule has 5 N–H and O–H groups in total. The number of nitrogens with two attached hydrogens (primary N) is 1. The summed E-state index contributed by atoms with van der Waals surface area (Å²) in [6.45, 7) is 0.